The lowest BCUT2D eigenvalue weighted by molar-refractivity contribution is -0.342. The van der Waals surface area contributed by atoms with Crippen LogP contribution in [-0.2, 0) is 24.2 Å². The van der Waals surface area contributed by atoms with E-state index >= 15 is 0 Å². The van der Waals surface area contributed by atoms with Gasteiger partial charge in [0.15, 0.2) is 6.29 Å². The maximum atomic E-state index is 11.3. The van der Waals surface area contributed by atoms with Crippen molar-refractivity contribution in [3.63, 3.8) is 0 Å². The molecule has 0 aromatic heterocycles. The number of aliphatic hydroxyl groups excluding tert-OH is 7. The van der Waals surface area contributed by atoms with Gasteiger partial charge in [0.05, 0.1) is 19.5 Å². The highest BCUT2D eigenvalue weighted by molar-refractivity contribution is 7.88. The van der Waals surface area contributed by atoms with Gasteiger partial charge in [-0.15, -0.1) is 0 Å². The number of ether oxygens (including phenoxy) is 3. The maximum Gasteiger partial charge on any atom is 0.210 e. The molecule has 27 heavy (non-hydrogen) atoms. The Hall–Kier alpha value is -0.490. The molecule has 13 nitrogen and oxygen atoms in total. The fourth-order valence-corrected chi connectivity index (χ4v) is 3.51. The fourth-order valence-electron chi connectivity index (χ4n) is 2.90. The minimum Gasteiger partial charge on any atom is -0.394 e. The predicted molar refractivity (Wildman–Crippen MR) is 84.4 cm³/mol. The van der Waals surface area contributed by atoms with Crippen molar-refractivity contribution in [2.24, 2.45) is 0 Å². The molecular formula is C13H25NO12S. The van der Waals surface area contributed by atoms with Crippen LogP contribution in [0.1, 0.15) is 0 Å². The Balaban J connectivity index is 2.15. The molecule has 2 heterocycles. The molecule has 0 aromatic carbocycles. The molecule has 0 aromatic rings. The number of hydrogen-bond acceptors (Lipinski definition) is 12. The minimum atomic E-state index is -3.81. The van der Waals surface area contributed by atoms with Gasteiger partial charge in [-0.1, -0.05) is 0 Å². The van der Waals surface area contributed by atoms with Crippen LogP contribution in [0.4, 0.5) is 0 Å². The molecule has 2 fully saturated rings. The summed E-state index contributed by atoms with van der Waals surface area (Å²) in [6.45, 7) is -1.46. The Morgan fingerprint density at radius 1 is 0.852 bits per heavy atom. The van der Waals surface area contributed by atoms with E-state index in [0.717, 1.165) is 6.26 Å². The third-order valence-electron chi connectivity index (χ3n) is 4.33. The average molecular weight is 419 g/mol. The highest BCUT2D eigenvalue weighted by Gasteiger charge is 2.50. The molecule has 10 atom stereocenters. The van der Waals surface area contributed by atoms with Crippen molar-refractivity contribution in [2.75, 3.05) is 19.5 Å². The summed E-state index contributed by atoms with van der Waals surface area (Å²) in [4.78, 5) is 0. The summed E-state index contributed by atoms with van der Waals surface area (Å²) < 4.78 is 40.3. The predicted octanol–water partition coefficient (Wildman–Crippen LogP) is -5.84. The van der Waals surface area contributed by atoms with Crippen LogP contribution >= 0.6 is 0 Å². The zero-order valence-electron chi connectivity index (χ0n) is 14.3. The van der Waals surface area contributed by atoms with Gasteiger partial charge in [0, 0.05) is 0 Å². The number of hydrogen-bond donors (Lipinski definition) is 8. The standard InChI is InChI=1S/C13H25NO12S/c1-27(22,23)14-12-9(20)8(19)11(5(3-16)24-12)26-13-10(21)7(18)6(17)4(2-15)25-13/h4-21H,2-3H2,1H3/t4-,5-,6-,7+,8-,9-,10-,11-,12-,13+/m1/s1. The van der Waals surface area contributed by atoms with E-state index < -0.39 is 84.6 Å². The van der Waals surface area contributed by atoms with Crippen LogP contribution in [0, 0.1) is 0 Å². The van der Waals surface area contributed by atoms with Gasteiger partial charge in [-0.25, -0.2) is 8.42 Å². The molecule has 0 bridgehead atoms. The minimum absolute atomic E-state index is 0.707. The fraction of sp³-hybridized carbons (Fsp3) is 1.00. The second kappa shape index (κ2) is 8.89. The van der Waals surface area contributed by atoms with Crippen LogP contribution in [0.2, 0.25) is 0 Å². The van der Waals surface area contributed by atoms with Crippen molar-refractivity contribution >= 4 is 10.0 Å². The molecule has 0 saturated carbocycles. The first-order valence-electron chi connectivity index (χ1n) is 8.06. The first-order valence-corrected chi connectivity index (χ1v) is 9.95. The molecular weight excluding hydrogens is 394 g/mol. The Morgan fingerprint density at radius 2 is 1.44 bits per heavy atom. The Morgan fingerprint density at radius 3 is 1.96 bits per heavy atom. The smallest absolute Gasteiger partial charge is 0.210 e. The monoisotopic (exact) mass is 419 g/mol. The molecule has 2 aliphatic rings. The van der Waals surface area contributed by atoms with Gasteiger partial charge >= 0.3 is 0 Å². The summed E-state index contributed by atoms with van der Waals surface area (Å²) in [5.74, 6) is 0. The molecule has 0 unspecified atom stereocenters. The third-order valence-corrected chi connectivity index (χ3v) is 4.99. The second-order valence-electron chi connectivity index (χ2n) is 6.45. The zero-order valence-corrected chi connectivity index (χ0v) is 15.1. The van der Waals surface area contributed by atoms with Crippen LogP contribution < -0.4 is 4.72 Å². The first-order chi connectivity index (χ1) is 12.5. The SMILES string of the molecule is CS(=O)(=O)N[C@@H]1O[C@H](CO)[C@@H](O[C@@H]2O[C@H](CO)[C@@H](O)[C@H](O)[C@H]2O)[C@H](O)[C@H]1O. The van der Waals surface area contributed by atoms with E-state index in [2.05, 4.69) is 0 Å². The number of nitrogens with one attached hydrogen (secondary N) is 1. The van der Waals surface area contributed by atoms with Crippen molar-refractivity contribution in [3.05, 3.63) is 0 Å². The van der Waals surface area contributed by atoms with Gasteiger partial charge in [-0.3, -0.25) is 0 Å². The summed E-state index contributed by atoms with van der Waals surface area (Å²) >= 11 is 0. The van der Waals surface area contributed by atoms with E-state index in [9.17, 15) is 44.2 Å². The topological polar surface area (TPSA) is 215 Å². The molecule has 0 aliphatic carbocycles. The van der Waals surface area contributed by atoms with E-state index in [1.54, 1.807) is 0 Å². The molecule has 160 valence electrons. The first kappa shape index (κ1) is 22.8. The highest BCUT2D eigenvalue weighted by atomic mass is 32.2. The molecule has 2 rings (SSSR count). The van der Waals surface area contributed by atoms with Gasteiger partial charge in [0.1, 0.15) is 55.1 Å². The molecule has 0 amide bonds. The van der Waals surface area contributed by atoms with Crippen LogP contribution in [0.3, 0.4) is 0 Å². The van der Waals surface area contributed by atoms with Gasteiger partial charge in [-0.2, -0.15) is 4.72 Å². The van der Waals surface area contributed by atoms with Gasteiger partial charge in [0.25, 0.3) is 0 Å². The van der Waals surface area contributed by atoms with Crippen LogP contribution in [0.5, 0.6) is 0 Å². The molecule has 0 spiro atoms. The summed E-state index contributed by atoms with van der Waals surface area (Å²) in [5, 5.41) is 68.5. The largest absolute Gasteiger partial charge is 0.394 e. The Kier molecular flexibility index (Phi) is 7.51. The van der Waals surface area contributed by atoms with E-state index in [1.807, 2.05) is 4.72 Å². The lowest BCUT2D eigenvalue weighted by Crippen LogP contribution is -2.66. The quantitative estimate of drug-likeness (QED) is 0.202. The van der Waals surface area contributed by atoms with Crippen LogP contribution in [0.25, 0.3) is 0 Å². The number of sulfonamides is 1. The molecule has 2 saturated heterocycles. The summed E-state index contributed by atoms with van der Waals surface area (Å²) in [6, 6.07) is 0. The summed E-state index contributed by atoms with van der Waals surface area (Å²) in [7, 11) is -3.81. The van der Waals surface area contributed by atoms with E-state index in [1.165, 1.54) is 0 Å². The van der Waals surface area contributed by atoms with Gasteiger partial charge in [-0.05, 0) is 0 Å². The van der Waals surface area contributed by atoms with Gasteiger partial charge in [0.2, 0.25) is 10.0 Å². The average Bonchev–Trinajstić information content (AvgIpc) is 2.60. The summed E-state index contributed by atoms with van der Waals surface area (Å²) in [6.07, 6.45) is -15.2. The van der Waals surface area contributed by atoms with E-state index in [4.69, 9.17) is 14.2 Å². The van der Waals surface area contributed by atoms with Crippen molar-refractivity contribution in [1.82, 2.24) is 4.72 Å². The number of rotatable bonds is 6. The number of aliphatic hydroxyl groups is 7. The highest BCUT2D eigenvalue weighted by Crippen LogP contribution is 2.28. The van der Waals surface area contributed by atoms with Crippen molar-refractivity contribution in [3.8, 4) is 0 Å². The van der Waals surface area contributed by atoms with Crippen molar-refractivity contribution < 1.29 is 58.4 Å². The molecule has 2 aliphatic heterocycles. The maximum absolute atomic E-state index is 11.3. The molecule has 8 N–H and O–H groups in total. The van der Waals surface area contributed by atoms with Crippen molar-refractivity contribution in [1.29, 1.82) is 0 Å². The van der Waals surface area contributed by atoms with E-state index in [0.29, 0.717) is 0 Å². The lowest BCUT2D eigenvalue weighted by Gasteiger charge is -2.46. The summed E-state index contributed by atoms with van der Waals surface area (Å²) in [5.41, 5.74) is 0. The zero-order chi connectivity index (χ0) is 20.5. The Bertz CT molecular complexity index is 586. The normalized spacial score (nSPS) is 46.4. The lowest BCUT2D eigenvalue weighted by atomic mass is 9.96. The molecule has 14 heteroatoms. The van der Waals surface area contributed by atoms with Gasteiger partial charge < -0.3 is 50.0 Å². The van der Waals surface area contributed by atoms with Crippen molar-refractivity contribution in [2.45, 2.75) is 61.3 Å². The molecule has 0 radical (unpaired) electrons. The second-order valence-corrected chi connectivity index (χ2v) is 8.23. The third kappa shape index (κ3) is 5.11. The van der Waals surface area contributed by atoms with Crippen LogP contribution in [0.15, 0.2) is 0 Å². The Labute approximate surface area is 154 Å². The van der Waals surface area contributed by atoms with E-state index in [-0.39, 0.29) is 0 Å². The van der Waals surface area contributed by atoms with Crippen LogP contribution in [-0.4, -0.2) is 125 Å².